The fraction of sp³-hybridized carbons (Fsp3) is 0.0357. The molecule has 0 fully saturated rings. The van der Waals surface area contributed by atoms with Crippen molar-refractivity contribution in [2.45, 2.75) is 5.92 Å². The Balaban J connectivity index is 1.33. The first-order valence-corrected chi connectivity index (χ1v) is 12.1. The van der Waals surface area contributed by atoms with Gasteiger partial charge in [-0.3, -0.25) is 4.79 Å². The first-order chi connectivity index (χ1) is 16.7. The number of aromatic nitrogens is 1. The minimum absolute atomic E-state index is 0.194. The SMILES string of the molecule is O=C(NC(=S)Nc1nc(-c2cccc3ccccc23)cs1)C(c1ccccc1)c1ccccc1. The highest BCUT2D eigenvalue weighted by molar-refractivity contribution is 7.80. The van der Waals surface area contributed by atoms with Gasteiger partial charge in [0, 0.05) is 10.9 Å². The summed E-state index contributed by atoms with van der Waals surface area (Å²) >= 11 is 6.91. The van der Waals surface area contributed by atoms with Gasteiger partial charge in [0.05, 0.1) is 11.6 Å². The molecule has 0 aliphatic heterocycles. The van der Waals surface area contributed by atoms with E-state index in [1.54, 1.807) is 0 Å². The number of hydrogen-bond acceptors (Lipinski definition) is 4. The first kappa shape index (κ1) is 21.9. The molecule has 6 heteroatoms. The number of benzene rings is 4. The van der Waals surface area contributed by atoms with Gasteiger partial charge in [0.15, 0.2) is 10.2 Å². The van der Waals surface area contributed by atoms with Crippen LogP contribution in [-0.4, -0.2) is 16.0 Å². The van der Waals surface area contributed by atoms with Gasteiger partial charge >= 0.3 is 0 Å². The molecule has 1 amide bonds. The number of carbonyl (C=O) groups excluding carboxylic acids is 1. The van der Waals surface area contributed by atoms with Gasteiger partial charge in [-0.05, 0) is 34.1 Å². The summed E-state index contributed by atoms with van der Waals surface area (Å²) in [7, 11) is 0. The molecule has 0 saturated carbocycles. The average molecular weight is 480 g/mol. The lowest BCUT2D eigenvalue weighted by atomic mass is 9.90. The Labute approximate surface area is 207 Å². The molecule has 1 aromatic heterocycles. The molecule has 0 spiro atoms. The van der Waals surface area contributed by atoms with Crippen LogP contribution in [0.4, 0.5) is 5.13 Å². The number of carbonyl (C=O) groups is 1. The maximum Gasteiger partial charge on any atom is 0.238 e. The summed E-state index contributed by atoms with van der Waals surface area (Å²) < 4.78 is 0. The van der Waals surface area contributed by atoms with Crippen molar-refractivity contribution in [3.8, 4) is 11.3 Å². The van der Waals surface area contributed by atoms with Crippen LogP contribution in [0.15, 0.2) is 109 Å². The summed E-state index contributed by atoms with van der Waals surface area (Å²) in [4.78, 5) is 18.0. The van der Waals surface area contributed by atoms with Crippen LogP contribution in [0.5, 0.6) is 0 Å². The van der Waals surface area contributed by atoms with Crippen molar-refractivity contribution in [2.24, 2.45) is 0 Å². The highest BCUT2D eigenvalue weighted by atomic mass is 32.1. The van der Waals surface area contributed by atoms with Crippen LogP contribution in [0.25, 0.3) is 22.0 Å². The number of nitrogens with one attached hydrogen (secondary N) is 2. The van der Waals surface area contributed by atoms with Crippen molar-refractivity contribution in [1.29, 1.82) is 0 Å². The molecule has 0 bridgehead atoms. The second-order valence-electron chi connectivity index (χ2n) is 7.76. The van der Waals surface area contributed by atoms with Gasteiger partial charge in [0.25, 0.3) is 0 Å². The first-order valence-electron chi connectivity index (χ1n) is 10.8. The van der Waals surface area contributed by atoms with E-state index in [9.17, 15) is 4.79 Å². The number of fused-ring (bicyclic) bond motifs is 1. The van der Waals surface area contributed by atoms with Crippen LogP contribution >= 0.6 is 23.6 Å². The number of hydrogen-bond donors (Lipinski definition) is 2. The van der Waals surface area contributed by atoms with Crippen molar-refractivity contribution in [1.82, 2.24) is 10.3 Å². The molecule has 0 aliphatic carbocycles. The molecule has 0 saturated heterocycles. The van der Waals surface area contributed by atoms with Crippen LogP contribution in [0, 0.1) is 0 Å². The van der Waals surface area contributed by atoms with Gasteiger partial charge < -0.3 is 10.6 Å². The van der Waals surface area contributed by atoms with E-state index in [0.717, 1.165) is 33.2 Å². The van der Waals surface area contributed by atoms with E-state index in [1.165, 1.54) is 11.3 Å². The molecule has 34 heavy (non-hydrogen) atoms. The van der Waals surface area contributed by atoms with Crippen molar-refractivity contribution in [3.63, 3.8) is 0 Å². The van der Waals surface area contributed by atoms with E-state index in [2.05, 4.69) is 34.9 Å². The highest BCUT2D eigenvalue weighted by Gasteiger charge is 2.23. The topological polar surface area (TPSA) is 54.0 Å². The number of anilines is 1. The van der Waals surface area contributed by atoms with Crippen molar-refractivity contribution in [2.75, 3.05) is 5.32 Å². The van der Waals surface area contributed by atoms with Gasteiger partial charge in [0.2, 0.25) is 5.91 Å². The van der Waals surface area contributed by atoms with Crippen molar-refractivity contribution < 1.29 is 4.79 Å². The molecule has 0 atom stereocenters. The van der Waals surface area contributed by atoms with Crippen LogP contribution in [0.2, 0.25) is 0 Å². The van der Waals surface area contributed by atoms with E-state index >= 15 is 0 Å². The van der Waals surface area contributed by atoms with Crippen molar-refractivity contribution in [3.05, 3.63) is 120 Å². The molecule has 1 heterocycles. The largest absolute Gasteiger partial charge is 0.308 e. The maximum absolute atomic E-state index is 13.3. The van der Waals surface area contributed by atoms with Crippen LogP contribution in [-0.2, 0) is 4.79 Å². The molecular formula is C28H21N3OS2. The quantitative estimate of drug-likeness (QED) is 0.279. The lowest BCUT2D eigenvalue weighted by Gasteiger charge is -2.18. The Morgan fingerprint density at radius 1 is 0.794 bits per heavy atom. The summed E-state index contributed by atoms with van der Waals surface area (Å²) in [6, 6.07) is 33.8. The summed E-state index contributed by atoms with van der Waals surface area (Å²) in [5.74, 6) is -0.662. The Bertz CT molecular complexity index is 1400. The minimum atomic E-state index is -0.468. The number of nitrogens with zero attached hydrogens (tertiary/aromatic N) is 1. The third-order valence-corrected chi connectivity index (χ3v) is 6.52. The van der Waals surface area contributed by atoms with Gasteiger partial charge in [-0.2, -0.15) is 0 Å². The van der Waals surface area contributed by atoms with E-state index in [1.807, 2.05) is 84.2 Å². The zero-order valence-electron chi connectivity index (χ0n) is 18.1. The lowest BCUT2D eigenvalue weighted by molar-refractivity contribution is -0.120. The van der Waals surface area contributed by atoms with Gasteiger partial charge in [-0.1, -0.05) is 103 Å². The van der Waals surface area contributed by atoms with Gasteiger partial charge in [-0.15, -0.1) is 11.3 Å². The number of thiazole rings is 1. The standard InChI is InChI=1S/C28H21N3OS2/c32-26(25(20-11-3-1-4-12-20)21-13-5-2-6-14-21)30-27(33)31-28-29-24(18-34-28)23-17-9-15-19-10-7-8-16-22(19)23/h1-18,25H,(H2,29,30,31,32,33). The molecule has 4 aromatic carbocycles. The molecule has 0 radical (unpaired) electrons. The Hall–Kier alpha value is -3.87. The zero-order chi connectivity index (χ0) is 23.3. The van der Waals surface area contributed by atoms with Crippen LogP contribution in [0.3, 0.4) is 0 Å². The van der Waals surface area contributed by atoms with Gasteiger partial charge in [-0.25, -0.2) is 4.98 Å². The molecule has 2 N–H and O–H groups in total. The Morgan fingerprint density at radius 3 is 2.12 bits per heavy atom. The predicted molar refractivity (Wildman–Crippen MR) is 144 cm³/mol. The zero-order valence-corrected chi connectivity index (χ0v) is 19.8. The van der Waals surface area contributed by atoms with E-state index in [-0.39, 0.29) is 11.0 Å². The molecule has 0 unspecified atom stereocenters. The predicted octanol–water partition coefficient (Wildman–Crippen LogP) is 6.61. The summed E-state index contributed by atoms with van der Waals surface area (Å²) in [6.07, 6.45) is 0. The molecule has 0 aliphatic rings. The van der Waals surface area contributed by atoms with E-state index in [4.69, 9.17) is 17.2 Å². The summed E-state index contributed by atoms with van der Waals surface area (Å²) in [5, 5.41) is 11.1. The second kappa shape index (κ2) is 9.95. The highest BCUT2D eigenvalue weighted by Crippen LogP contribution is 2.31. The number of amides is 1. The Kier molecular flexibility index (Phi) is 6.42. The normalized spacial score (nSPS) is 10.9. The molecule has 5 rings (SSSR count). The third kappa shape index (κ3) is 4.73. The summed E-state index contributed by atoms with van der Waals surface area (Å²) in [5.41, 5.74) is 3.73. The second-order valence-corrected chi connectivity index (χ2v) is 9.03. The van der Waals surface area contributed by atoms with Gasteiger partial charge in [0.1, 0.15) is 0 Å². The molecule has 4 nitrogen and oxygen atoms in total. The maximum atomic E-state index is 13.3. The lowest BCUT2D eigenvalue weighted by Crippen LogP contribution is -2.37. The fourth-order valence-electron chi connectivity index (χ4n) is 4.00. The summed E-state index contributed by atoms with van der Waals surface area (Å²) in [6.45, 7) is 0. The van der Waals surface area contributed by atoms with Crippen LogP contribution in [0.1, 0.15) is 17.0 Å². The average Bonchev–Trinajstić information content (AvgIpc) is 3.33. The Morgan fingerprint density at radius 2 is 1.41 bits per heavy atom. The molecule has 5 aromatic rings. The smallest absolute Gasteiger partial charge is 0.238 e. The van der Waals surface area contributed by atoms with E-state index in [0.29, 0.717) is 5.13 Å². The van der Waals surface area contributed by atoms with E-state index < -0.39 is 5.92 Å². The molecule has 166 valence electrons. The fourth-order valence-corrected chi connectivity index (χ4v) is 4.98. The third-order valence-electron chi connectivity index (χ3n) is 5.55. The monoisotopic (exact) mass is 479 g/mol. The minimum Gasteiger partial charge on any atom is -0.308 e. The molecular weight excluding hydrogens is 458 g/mol. The van der Waals surface area contributed by atoms with Crippen LogP contribution < -0.4 is 10.6 Å². The number of rotatable bonds is 5. The number of thiocarbonyl (C=S) groups is 1. The van der Waals surface area contributed by atoms with Crippen molar-refractivity contribution >= 4 is 50.5 Å².